The average molecular weight is 383 g/mol. The summed E-state index contributed by atoms with van der Waals surface area (Å²) in [6, 6.07) is 11.9. The fraction of sp³-hybridized carbons (Fsp3) is 0.227. The molecule has 28 heavy (non-hydrogen) atoms. The van der Waals surface area contributed by atoms with Crippen LogP contribution >= 0.6 is 0 Å². The molecule has 0 bridgehead atoms. The second-order valence-electron chi connectivity index (χ2n) is 7.20. The summed E-state index contributed by atoms with van der Waals surface area (Å²) >= 11 is 0. The highest BCUT2D eigenvalue weighted by Crippen LogP contribution is 2.18. The molecule has 0 unspecified atom stereocenters. The Kier molecular flexibility index (Phi) is 6.82. The molecule has 5 nitrogen and oxygen atoms in total. The number of carbonyl (C=O) groups is 3. The Bertz CT molecular complexity index is 878. The summed E-state index contributed by atoms with van der Waals surface area (Å²) in [6.45, 7) is 5.01. The summed E-state index contributed by atoms with van der Waals surface area (Å²) in [4.78, 5) is 35.8. The Morgan fingerprint density at radius 2 is 1.61 bits per heavy atom. The Balaban J connectivity index is 1.86. The van der Waals surface area contributed by atoms with Gasteiger partial charge in [-0.15, -0.1) is 0 Å². The lowest BCUT2D eigenvalue weighted by Gasteiger charge is -2.17. The first-order valence-electron chi connectivity index (χ1n) is 8.70. The van der Waals surface area contributed by atoms with Crippen LogP contribution in [0, 0.1) is 11.2 Å². The molecule has 0 aliphatic carbocycles. The normalized spacial score (nSPS) is 11.3. The number of carbonyl (C=O) groups excluding carboxylic acids is 3. The van der Waals surface area contributed by atoms with Crippen molar-refractivity contribution >= 4 is 29.4 Å². The largest absolute Gasteiger partial charge is 0.454 e. The molecule has 0 saturated carbocycles. The summed E-state index contributed by atoms with van der Waals surface area (Å²) < 4.78 is 17.7. The van der Waals surface area contributed by atoms with Crippen LogP contribution in [0.2, 0.25) is 0 Å². The average Bonchev–Trinajstić information content (AvgIpc) is 2.65. The van der Waals surface area contributed by atoms with E-state index in [1.54, 1.807) is 45.0 Å². The number of ketones is 1. The Hall–Kier alpha value is -3.28. The van der Waals surface area contributed by atoms with Crippen molar-refractivity contribution in [2.24, 2.45) is 5.41 Å². The van der Waals surface area contributed by atoms with Gasteiger partial charge in [0.05, 0.1) is 0 Å². The van der Waals surface area contributed by atoms with Gasteiger partial charge in [0.25, 0.3) is 0 Å². The lowest BCUT2D eigenvalue weighted by Crippen LogP contribution is -2.27. The van der Waals surface area contributed by atoms with Gasteiger partial charge >= 0.3 is 5.97 Å². The summed E-state index contributed by atoms with van der Waals surface area (Å²) in [5.74, 6) is -1.54. The van der Waals surface area contributed by atoms with Crippen molar-refractivity contribution in [2.75, 3.05) is 11.9 Å². The summed E-state index contributed by atoms with van der Waals surface area (Å²) in [7, 11) is 0. The van der Waals surface area contributed by atoms with E-state index in [-0.39, 0.29) is 17.5 Å². The molecule has 2 aromatic carbocycles. The van der Waals surface area contributed by atoms with Gasteiger partial charge in [-0.1, -0.05) is 32.9 Å². The van der Waals surface area contributed by atoms with Gasteiger partial charge in [0, 0.05) is 22.7 Å². The van der Waals surface area contributed by atoms with Gasteiger partial charge in [-0.3, -0.25) is 9.59 Å². The Morgan fingerprint density at radius 3 is 2.18 bits per heavy atom. The maximum absolute atomic E-state index is 12.8. The SMILES string of the molecule is CC(C)(C)C(=O)Nc1ccc(C(=O)COC(=O)/C=C/c2ccc(F)cc2)cc1. The summed E-state index contributed by atoms with van der Waals surface area (Å²) in [6.07, 6.45) is 2.64. The second-order valence-corrected chi connectivity index (χ2v) is 7.20. The molecule has 1 amide bonds. The number of rotatable bonds is 6. The predicted molar refractivity (Wildman–Crippen MR) is 105 cm³/mol. The van der Waals surface area contributed by atoms with Gasteiger partial charge in [0.1, 0.15) is 5.82 Å². The highest BCUT2D eigenvalue weighted by molar-refractivity contribution is 6.00. The topological polar surface area (TPSA) is 72.5 Å². The van der Waals surface area contributed by atoms with Gasteiger partial charge < -0.3 is 10.1 Å². The van der Waals surface area contributed by atoms with Gasteiger partial charge in [-0.2, -0.15) is 0 Å². The third-order valence-corrected chi connectivity index (χ3v) is 3.77. The van der Waals surface area contributed by atoms with Crippen molar-refractivity contribution in [3.63, 3.8) is 0 Å². The van der Waals surface area contributed by atoms with E-state index in [1.165, 1.54) is 36.4 Å². The molecule has 1 N–H and O–H groups in total. The first-order chi connectivity index (χ1) is 13.1. The number of halogens is 1. The third-order valence-electron chi connectivity index (χ3n) is 3.77. The van der Waals surface area contributed by atoms with E-state index in [4.69, 9.17) is 4.74 Å². The van der Waals surface area contributed by atoms with Gasteiger partial charge in [-0.25, -0.2) is 9.18 Å². The number of anilines is 1. The Morgan fingerprint density at radius 1 is 1.00 bits per heavy atom. The number of amides is 1. The van der Waals surface area contributed by atoms with E-state index in [1.807, 2.05) is 0 Å². The zero-order valence-corrected chi connectivity index (χ0v) is 16.0. The molecule has 0 spiro atoms. The zero-order chi connectivity index (χ0) is 20.7. The molecule has 2 aromatic rings. The van der Waals surface area contributed by atoms with E-state index >= 15 is 0 Å². The predicted octanol–water partition coefficient (Wildman–Crippen LogP) is 4.25. The van der Waals surface area contributed by atoms with Crippen molar-refractivity contribution in [1.29, 1.82) is 0 Å². The second kappa shape index (κ2) is 9.08. The molecule has 0 aliphatic heterocycles. The number of Topliss-reactive ketones (excluding diaryl/α,β-unsaturated/α-hetero) is 1. The molecule has 146 valence electrons. The molecule has 2 rings (SSSR count). The van der Waals surface area contributed by atoms with Crippen LogP contribution in [0.4, 0.5) is 10.1 Å². The molecule has 0 aliphatic rings. The fourth-order valence-corrected chi connectivity index (χ4v) is 2.06. The van der Waals surface area contributed by atoms with Crippen LogP contribution in [0.15, 0.2) is 54.6 Å². The monoisotopic (exact) mass is 383 g/mol. The van der Waals surface area contributed by atoms with Crippen molar-refractivity contribution in [3.05, 3.63) is 71.6 Å². The fourth-order valence-electron chi connectivity index (χ4n) is 2.06. The number of benzene rings is 2. The minimum absolute atomic E-state index is 0.131. The Labute approximate surface area is 163 Å². The smallest absolute Gasteiger partial charge is 0.331 e. The van der Waals surface area contributed by atoms with Crippen molar-refractivity contribution in [1.82, 2.24) is 0 Å². The maximum atomic E-state index is 12.8. The van der Waals surface area contributed by atoms with E-state index in [2.05, 4.69) is 5.32 Å². The summed E-state index contributed by atoms with van der Waals surface area (Å²) in [5.41, 5.74) is 1.06. The first-order valence-corrected chi connectivity index (χ1v) is 8.70. The van der Waals surface area contributed by atoms with Gasteiger partial charge in [0.2, 0.25) is 5.91 Å². The molecular formula is C22H22FNO4. The van der Waals surface area contributed by atoms with Crippen LogP contribution in [-0.4, -0.2) is 24.3 Å². The molecule has 0 atom stereocenters. The standard InChI is InChI=1S/C22H22FNO4/c1-22(2,3)21(27)24-18-11-7-16(8-12-18)19(25)14-28-20(26)13-6-15-4-9-17(23)10-5-15/h4-13H,14H2,1-3H3,(H,24,27)/b13-6+. The van der Waals surface area contributed by atoms with E-state index < -0.39 is 18.0 Å². The van der Waals surface area contributed by atoms with E-state index in [0.717, 1.165) is 0 Å². The third kappa shape index (κ3) is 6.46. The highest BCUT2D eigenvalue weighted by atomic mass is 19.1. The minimum Gasteiger partial charge on any atom is -0.454 e. The lowest BCUT2D eigenvalue weighted by molar-refractivity contribution is -0.136. The van der Waals surface area contributed by atoms with Crippen LogP contribution in [0.1, 0.15) is 36.7 Å². The van der Waals surface area contributed by atoms with Crippen molar-refractivity contribution in [2.45, 2.75) is 20.8 Å². The van der Waals surface area contributed by atoms with Crippen molar-refractivity contribution in [3.8, 4) is 0 Å². The molecule has 6 heteroatoms. The molecular weight excluding hydrogens is 361 g/mol. The highest BCUT2D eigenvalue weighted by Gasteiger charge is 2.21. The maximum Gasteiger partial charge on any atom is 0.331 e. The number of nitrogens with one attached hydrogen (secondary N) is 1. The summed E-state index contributed by atoms with van der Waals surface area (Å²) in [5, 5.41) is 2.77. The van der Waals surface area contributed by atoms with E-state index in [0.29, 0.717) is 16.8 Å². The van der Waals surface area contributed by atoms with Crippen LogP contribution < -0.4 is 5.32 Å². The lowest BCUT2D eigenvalue weighted by atomic mass is 9.95. The zero-order valence-electron chi connectivity index (χ0n) is 16.0. The molecule has 0 fully saturated rings. The minimum atomic E-state index is -0.674. The van der Waals surface area contributed by atoms with Crippen LogP contribution in [0.3, 0.4) is 0 Å². The molecule has 0 saturated heterocycles. The van der Waals surface area contributed by atoms with E-state index in [9.17, 15) is 18.8 Å². The van der Waals surface area contributed by atoms with Crippen LogP contribution in [0.5, 0.6) is 0 Å². The number of hydrogen-bond acceptors (Lipinski definition) is 4. The molecule has 0 heterocycles. The first kappa shape index (κ1) is 21.0. The van der Waals surface area contributed by atoms with Crippen LogP contribution in [-0.2, 0) is 14.3 Å². The van der Waals surface area contributed by atoms with Crippen LogP contribution in [0.25, 0.3) is 6.08 Å². The molecule has 0 radical (unpaired) electrons. The van der Waals surface area contributed by atoms with Gasteiger partial charge in [0.15, 0.2) is 12.4 Å². The van der Waals surface area contributed by atoms with Crippen molar-refractivity contribution < 1.29 is 23.5 Å². The quantitative estimate of drug-likeness (QED) is 0.460. The number of ether oxygens (including phenoxy) is 1. The molecule has 0 aromatic heterocycles. The van der Waals surface area contributed by atoms with Gasteiger partial charge in [-0.05, 0) is 48.0 Å². The number of esters is 1. The number of hydrogen-bond donors (Lipinski definition) is 1.